The van der Waals surface area contributed by atoms with Crippen LogP contribution in [0.3, 0.4) is 0 Å². The summed E-state index contributed by atoms with van der Waals surface area (Å²) in [4.78, 5) is 0. The number of nitrogens with zero attached hydrogens (tertiary/aromatic N) is 2. The molecule has 0 radical (unpaired) electrons. The van der Waals surface area contributed by atoms with Gasteiger partial charge in [-0.2, -0.15) is 0 Å². The van der Waals surface area contributed by atoms with Gasteiger partial charge in [-0.1, -0.05) is 0 Å². The van der Waals surface area contributed by atoms with E-state index < -0.39 is 0 Å². The number of hydrogen-bond donors (Lipinski definition) is 0. The van der Waals surface area contributed by atoms with Crippen molar-refractivity contribution in [1.82, 2.24) is 3.94 Å². The molecule has 0 fully saturated rings. The van der Waals surface area contributed by atoms with E-state index in [0.717, 1.165) is 30.5 Å². The molecule has 0 amide bonds. The average molecular weight is 278 g/mol. The van der Waals surface area contributed by atoms with Crippen LogP contribution >= 0.6 is 23.6 Å². The maximum absolute atomic E-state index is 5.78. The highest BCUT2D eigenvalue weighted by atomic mass is 35.5. The third-order valence-corrected chi connectivity index (χ3v) is 4.16. The lowest BCUT2D eigenvalue weighted by Crippen LogP contribution is -3.00. The van der Waals surface area contributed by atoms with Gasteiger partial charge >= 0.3 is 0 Å². The first-order valence-corrected chi connectivity index (χ1v) is 5.90. The largest absolute Gasteiger partial charge is 1.00 e. The van der Waals surface area contributed by atoms with E-state index in [-0.39, 0.29) is 17.9 Å². The summed E-state index contributed by atoms with van der Waals surface area (Å²) >= 11 is 11.6. The van der Waals surface area contributed by atoms with Gasteiger partial charge in [-0.05, 0) is 51.2 Å². The molecule has 0 saturated heterocycles. The van der Waals surface area contributed by atoms with Crippen LogP contribution in [0.1, 0.15) is 34.1 Å². The number of quaternary nitrogens is 1. The smallest absolute Gasteiger partial charge is 0.0803 e. The fraction of sp³-hybridized carbons (Fsp3) is 1.00. The summed E-state index contributed by atoms with van der Waals surface area (Å²) in [6, 6.07) is 0. The van der Waals surface area contributed by atoms with Crippen molar-refractivity contribution < 1.29 is 16.9 Å². The van der Waals surface area contributed by atoms with Gasteiger partial charge in [0, 0.05) is 6.42 Å². The lowest BCUT2D eigenvalue weighted by atomic mass is 10.0. The summed E-state index contributed by atoms with van der Waals surface area (Å²) in [6.45, 7) is 12.0. The maximum Gasteiger partial charge on any atom is 0.0803 e. The molecule has 0 N–H and O–H groups in total. The normalized spacial score (nSPS) is 12.8. The van der Waals surface area contributed by atoms with Crippen molar-refractivity contribution in [2.75, 3.05) is 26.7 Å². The quantitative estimate of drug-likeness (QED) is 0.497. The van der Waals surface area contributed by atoms with Crippen LogP contribution in [0.15, 0.2) is 0 Å². The third kappa shape index (κ3) is 6.18. The molecule has 0 bridgehead atoms. The molecule has 0 aromatic heterocycles. The van der Waals surface area contributed by atoms with Crippen LogP contribution in [0.5, 0.6) is 0 Å². The van der Waals surface area contributed by atoms with Crippen LogP contribution < -0.4 is 12.4 Å². The van der Waals surface area contributed by atoms with E-state index in [2.05, 4.69) is 34.7 Å². The summed E-state index contributed by atoms with van der Waals surface area (Å²) in [5.41, 5.74) is -0.146. The second-order valence-electron chi connectivity index (χ2n) is 4.77. The van der Waals surface area contributed by atoms with Crippen molar-refractivity contribution in [2.45, 2.75) is 39.7 Å². The van der Waals surface area contributed by atoms with Gasteiger partial charge in [0.2, 0.25) is 0 Å². The molecule has 0 saturated carbocycles. The van der Waals surface area contributed by atoms with Crippen LogP contribution in [0.4, 0.5) is 0 Å². The molecule has 0 aromatic rings. The van der Waals surface area contributed by atoms with E-state index >= 15 is 0 Å². The van der Waals surface area contributed by atoms with Gasteiger partial charge in [-0.3, -0.25) is 0 Å². The van der Waals surface area contributed by atoms with E-state index in [1.54, 1.807) is 0 Å². The van der Waals surface area contributed by atoms with Crippen molar-refractivity contribution in [2.24, 2.45) is 0 Å². The molecule has 15 heavy (non-hydrogen) atoms. The van der Waals surface area contributed by atoms with Gasteiger partial charge < -0.3 is 16.9 Å². The van der Waals surface area contributed by atoms with Crippen molar-refractivity contribution in [3.8, 4) is 0 Å². The first-order chi connectivity index (χ1) is 6.27. The molecule has 0 unspecified atom stereocenters. The van der Waals surface area contributed by atoms with Gasteiger partial charge in [-0.25, -0.2) is 0 Å². The molecule has 94 valence electrons. The van der Waals surface area contributed by atoms with Crippen LogP contribution in [0.25, 0.3) is 0 Å². The zero-order valence-electron chi connectivity index (χ0n) is 10.4. The highest BCUT2D eigenvalue weighted by molar-refractivity contribution is 6.34. The van der Waals surface area contributed by atoms with E-state index in [4.69, 9.17) is 23.6 Å². The van der Waals surface area contributed by atoms with Crippen molar-refractivity contribution >= 4 is 23.6 Å². The minimum absolute atomic E-state index is 0. The van der Waals surface area contributed by atoms with Gasteiger partial charge in [-0.15, -0.1) is 3.94 Å². The zero-order valence-corrected chi connectivity index (χ0v) is 12.6. The molecule has 0 aliphatic rings. The highest BCUT2D eigenvalue weighted by Gasteiger charge is 2.28. The predicted molar refractivity (Wildman–Crippen MR) is 64.4 cm³/mol. The Morgan fingerprint density at radius 2 is 1.53 bits per heavy atom. The topological polar surface area (TPSA) is 3.24 Å². The predicted octanol–water partition coefficient (Wildman–Crippen LogP) is 0.255. The van der Waals surface area contributed by atoms with Crippen LogP contribution in [0.2, 0.25) is 0 Å². The van der Waals surface area contributed by atoms with Crippen LogP contribution in [0, 0.1) is 0 Å². The maximum atomic E-state index is 5.78. The Bertz CT molecular complexity index is 163. The second-order valence-corrected chi connectivity index (χ2v) is 5.62. The first kappa shape index (κ1) is 18.2. The first-order valence-electron chi connectivity index (χ1n) is 5.23. The highest BCUT2D eigenvalue weighted by Crippen LogP contribution is 2.24. The molecular formula is C10H23Cl3N2. The molecule has 0 atom stereocenters. The molecule has 0 aromatic carbocycles. The Kier molecular flexibility index (Phi) is 8.70. The third-order valence-electron chi connectivity index (χ3n) is 3.25. The standard InChI is InChI=1S/C10H23Cl2N2.ClH/c1-6-14(5,7-2)9-8-10(3,4)13(11)12;/h6-9H2,1-5H3;1H/q+1;/p-1. The number of halogens is 3. The fourth-order valence-electron chi connectivity index (χ4n) is 1.17. The molecule has 0 aliphatic heterocycles. The van der Waals surface area contributed by atoms with E-state index in [0.29, 0.717) is 0 Å². The van der Waals surface area contributed by atoms with Crippen molar-refractivity contribution in [3.05, 3.63) is 0 Å². The number of hydrogen-bond acceptors (Lipinski definition) is 1. The van der Waals surface area contributed by atoms with Crippen molar-refractivity contribution in [1.29, 1.82) is 0 Å². The van der Waals surface area contributed by atoms with Crippen LogP contribution in [-0.2, 0) is 0 Å². The summed E-state index contributed by atoms with van der Waals surface area (Å²) in [7, 11) is 2.27. The Labute approximate surface area is 111 Å². The van der Waals surface area contributed by atoms with E-state index in [1.165, 1.54) is 3.94 Å². The van der Waals surface area contributed by atoms with Gasteiger partial charge in [0.25, 0.3) is 0 Å². The summed E-state index contributed by atoms with van der Waals surface area (Å²) in [5.74, 6) is 0. The van der Waals surface area contributed by atoms with Crippen molar-refractivity contribution in [3.63, 3.8) is 0 Å². The lowest BCUT2D eigenvalue weighted by molar-refractivity contribution is -0.906. The zero-order chi connectivity index (χ0) is 11.4. The Morgan fingerprint density at radius 3 is 1.80 bits per heavy atom. The Balaban J connectivity index is 0. The van der Waals surface area contributed by atoms with Gasteiger partial charge in [0.15, 0.2) is 0 Å². The SMILES string of the molecule is CC[N+](C)(CC)CCC(C)(C)N(Cl)Cl.[Cl-]. The molecular weight excluding hydrogens is 254 g/mol. The summed E-state index contributed by atoms with van der Waals surface area (Å²) in [5, 5.41) is 0. The average Bonchev–Trinajstić information content (AvgIpc) is 2.14. The molecule has 2 nitrogen and oxygen atoms in total. The van der Waals surface area contributed by atoms with E-state index in [1.807, 2.05) is 0 Å². The van der Waals surface area contributed by atoms with Crippen LogP contribution in [-0.4, -0.2) is 40.6 Å². The lowest BCUT2D eigenvalue weighted by Gasteiger charge is -2.36. The summed E-state index contributed by atoms with van der Waals surface area (Å²) < 4.78 is 2.34. The molecule has 0 spiro atoms. The molecule has 0 aliphatic carbocycles. The Morgan fingerprint density at radius 1 is 1.13 bits per heavy atom. The minimum atomic E-state index is -0.146. The van der Waals surface area contributed by atoms with Gasteiger partial charge in [0.1, 0.15) is 0 Å². The molecule has 0 rings (SSSR count). The molecule has 0 heterocycles. The van der Waals surface area contributed by atoms with Gasteiger partial charge in [0.05, 0.1) is 32.2 Å². The van der Waals surface area contributed by atoms with E-state index in [9.17, 15) is 0 Å². The molecule has 5 heteroatoms. The Hall–Kier alpha value is 0.790. The second kappa shape index (κ2) is 7.18. The fourth-order valence-corrected chi connectivity index (χ4v) is 1.34. The summed E-state index contributed by atoms with van der Waals surface area (Å²) in [6.07, 6.45) is 0.998. The minimum Gasteiger partial charge on any atom is -1.00 e. The number of rotatable bonds is 6. The monoisotopic (exact) mass is 276 g/mol.